The molecule has 0 saturated heterocycles. The summed E-state index contributed by atoms with van der Waals surface area (Å²) in [5.74, 6) is 0.612. The lowest BCUT2D eigenvalue weighted by molar-refractivity contribution is 0.414. The minimum atomic E-state index is -3.66. The largest absolute Gasteiger partial charge is 0.497 e. The zero-order valence-electron chi connectivity index (χ0n) is 14.1. The Bertz CT molecular complexity index is 1050. The van der Waals surface area contributed by atoms with Crippen LogP contribution in [0.15, 0.2) is 83.9 Å². The number of nitrogens with one attached hydrogen (secondary N) is 1. The average Bonchev–Trinajstić information content (AvgIpc) is 3.00. The van der Waals surface area contributed by atoms with E-state index in [4.69, 9.17) is 4.74 Å². The Morgan fingerprint density at radius 2 is 1.27 bits per heavy atom. The Hall–Kier alpha value is -3.05. The molecule has 0 unspecified atom stereocenters. The zero-order valence-corrected chi connectivity index (χ0v) is 15.0. The van der Waals surface area contributed by atoms with E-state index in [1.807, 2.05) is 48.5 Å². The maximum Gasteiger partial charge on any atom is 0.261 e. The molecule has 0 aromatic heterocycles. The minimum absolute atomic E-state index is 0.190. The molecule has 0 atom stereocenters. The van der Waals surface area contributed by atoms with Gasteiger partial charge in [-0.25, -0.2) is 8.42 Å². The van der Waals surface area contributed by atoms with E-state index in [0.717, 1.165) is 27.8 Å². The van der Waals surface area contributed by atoms with Crippen LogP contribution in [-0.2, 0) is 10.0 Å². The topological polar surface area (TPSA) is 55.4 Å². The van der Waals surface area contributed by atoms with E-state index in [0.29, 0.717) is 5.75 Å². The number of ether oxygens (including phenoxy) is 1. The molecule has 0 saturated carbocycles. The van der Waals surface area contributed by atoms with E-state index in [9.17, 15) is 8.42 Å². The number of hydrogen-bond acceptors (Lipinski definition) is 3. The van der Waals surface area contributed by atoms with Crippen LogP contribution in [0.25, 0.3) is 16.7 Å². The molecule has 4 nitrogen and oxygen atoms in total. The van der Waals surface area contributed by atoms with Gasteiger partial charge in [-0.05, 0) is 46.5 Å². The van der Waals surface area contributed by atoms with Crippen LogP contribution in [0, 0.1) is 0 Å². The summed E-state index contributed by atoms with van der Waals surface area (Å²) < 4.78 is 32.9. The molecule has 1 aliphatic carbocycles. The first-order chi connectivity index (χ1) is 12.6. The van der Waals surface area contributed by atoms with Crippen molar-refractivity contribution >= 4 is 15.6 Å². The molecule has 1 aliphatic rings. The molecule has 1 N–H and O–H groups in total. The van der Waals surface area contributed by atoms with E-state index >= 15 is 0 Å². The van der Waals surface area contributed by atoms with Crippen LogP contribution in [0.3, 0.4) is 0 Å². The molecule has 3 aromatic rings. The van der Waals surface area contributed by atoms with Crippen molar-refractivity contribution in [2.24, 2.45) is 0 Å². The van der Waals surface area contributed by atoms with Crippen molar-refractivity contribution in [2.45, 2.75) is 4.90 Å². The molecule has 0 heterocycles. The second kappa shape index (κ2) is 6.35. The van der Waals surface area contributed by atoms with Crippen molar-refractivity contribution in [3.63, 3.8) is 0 Å². The third kappa shape index (κ3) is 2.76. The number of methoxy groups -OCH3 is 1. The van der Waals surface area contributed by atoms with Crippen LogP contribution >= 0.6 is 0 Å². The van der Waals surface area contributed by atoms with Gasteiger partial charge in [0.05, 0.1) is 12.0 Å². The lowest BCUT2D eigenvalue weighted by Crippen LogP contribution is -2.18. The van der Waals surface area contributed by atoms with Gasteiger partial charge < -0.3 is 4.74 Å². The second-order valence-corrected chi connectivity index (χ2v) is 7.66. The van der Waals surface area contributed by atoms with Crippen LogP contribution in [0.4, 0.5) is 0 Å². The lowest BCUT2D eigenvalue weighted by atomic mass is 10.1. The smallest absolute Gasteiger partial charge is 0.261 e. The fraction of sp³-hybridized carbons (Fsp3) is 0.0476. The first-order valence-electron chi connectivity index (χ1n) is 8.16. The van der Waals surface area contributed by atoms with Gasteiger partial charge in [0.2, 0.25) is 0 Å². The van der Waals surface area contributed by atoms with Gasteiger partial charge in [0.25, 0.3) is 10.0 Å². The van der Waals surface area contributed by atoms with Gasteiger partial charge in [-0.1, -0.05) is 48.5 Å². The Balaban J connectivity index is 1.72. The summed E-state index contributed by atoms with van der Waals surface area (Å²) in [5.41, 5.74) is 5.13. The van der Waals surface area contributed by atoms with Crippen molar-refractivity contribution in [2.75, 3.05) is 7.11 Å². The van der Waals surface area contributed by atoms with Crippen LogP contribution in [0.5, 0.6) is 5.75 Å². The molecule has 4 rings (SSSR count). The molecule has 0 fully saturated rings. The monoisotopic (exact) mass is 363 g/mol. The molecule has 26 heavy (non-hydrogen) atoms. The fourth-order valence-corrected chi connectivity index (χ4v) is 4.07. The van der Waals surface area contributed by atoms with E-state index in [-0.39, 0.29) is 4.90 Å². The number of fused-ring (bicyclic) bond motifs is 3. The fourth-order valence-electron chi connectivity index (χ4n) is 3.17. The summed E-state index contributed by atoms with van der Waals surface area (Å²) in [5, 5.41) is 0. The molecule has 0 spiro atoms. The lowest BCUT2D eigenvalue weighted by Gasteiger charge is -2.08. The first-order valence-corrected chi connectivity index (χ1v) is 9.64. The molecule has 0 amide bonds. The van der Waals surface area contributed by atoms with Gasteiger partial charge in [0.1, 0.15) is 5.75 Å². The number of benzene rings is 3. The first kappa shape index (κ1) is 16.4. The molecule has 0 radical (unpaired) electrons. The maximum absolute atomic E-state index is 12.6. The van der Waals surface area contributed by atoms with Gasteiger partial charge >= 0.3 is 0 Å². The van der Waals surface area contributed by atoms with E-state index in [1.54, 1.807) is 25.4 Å². The van der Waals surface area contributed by atoms with Gasteiger partial charge in [-0.15, -0.1) is 0 Å². The van der Waals surface area contributed by atoms with E-state index in [2.05, 4.69) is 4.72 Å². The third-order valence-corrected chi connectivity index (χ3v) is 5.77. The van der Waals surface area contributed by atoms with Crippen molar-refractivity contribution in [3.8, 4) is 16.9 Å². The third-order valence-electron chi connectivity index (χ3n) is 4.45. The maximum atomic E-state index is 12.6. The average molecular weight is 363 g/mol. The van der Waals surface area contributed by atoms with Crippen LogP contribution in [-0.4, -0.2) is 15.5 Å². The Morgan fingerprint density at radius 1 is 0.769 bits per heavy atom. The molecule has 0 aliphatic heterocycles. The summed E-state index contributed by atoms with van der Waals surface area (Å²) in [6, 6.07) is 22.3. The number of rotatable bonds is 4. The van der Waals surface area contributed by atoms with Gasteiger partial charge in [0.15, 0.2) is 0 Å². The van der Waals surface area contributed by atoms with Crippen molar-refractivity contribution in [1.82, 2.24) is 4.72 Å². The summed E-state index contributed by atoms with van der Waals surface area (Å²) in [6.45, 7) is 0. The standard InChI is InChI=1S/C21H17NO3S/c1-25-15-10-12-16(13-11-15)26(23,24)22-14-21-19-8-4-2-6-17(19)18-7-3-5-9-20(18)21/h2-14,22H,1H3. The normalized spacial score (nSPS) is 12.3. The van der Waals surface area contributed by atoms with Gasteiger partial charge in [-0.2, -0.15) is 0 Å². The van der Waals surface area contributed by atoms with Crippen molar-refractivity contribution in [1.29, 1.82) is 0 Å². The quantitative estimate of drug-likeness (QED) is 0.595. The molecule has 130 valence electrons. The molecular weight excluding hydrogens is 346 g/mol. The van der Waals surface area contributed by atoms with Crippen LogP contribution in [0.2, 0.25) is 0 Å². The van der Waals surface area contributed by atoms with E-state index in [1.165, 1.54) is 12.1 Å². The van der Waals surface area contributed by atoms with Crippen LogP contribution in [0.1, 0.15) is 11.1 Å². The SMILES string of the molecule is COc1ccc(S(=O)(=O)NC=C2c3ccccc3-c3ccccc32)cc1. The number of hydrogen-bond donors (Lipinski definition) is 1. The number of sulfonamides is 1. The summed E-state index contributed by atoms with van der Waals surface area (Å²) in [7, 11) is -2.12. The second-order valence-electron chi connectivity index (χ2n) is 5.95. The Labute approximate surface area is 152 Å². The molecule has 0 bridgehead atoms. The van der Waals surface area contributed by atoms with Crippen molar-refractivity contribution < 1.29 is 13.2 Å². The molecular formula is C21H17NO3S. The highest BCUT2D eigenvalue weighted by Crippen LogP contribution is 2.43. The summed E-state index contributed by atoms with van der Waals surface area (Å²) in [4.78, 5) is 0.190. The van der Waals surface area contributed by atoms with Crippen LogP contribution < -0.4 is 9.46 Å². The van der Waals surface area contributed by atoms with Gasteiger partial charge in [0, 0.05) is 11.8 Å². The van der Waals surface area contributed by atoms with Gasteiger partial charge in [-0.3, -0.25) is 4.72 Å². The highest BCUT2D eigenvalue weighted by Gasteiger charge is 2.23. The summed E-state index contributed by atoms with van der Waals surface area (Å²) >= 11 is 0. The zero-order chi connectivity index (χ0) is 18.1. The van der Waals surface area contributed by atoms with E-state index < -0.39 is 10.0 Å². The molecule has 5 heteroatoms. The van der Waals surface area contributed by atoms with Crippen molar-refractivity contribution in [3.05, 3.63) is 90.1 Å². The summed E-state index contributed by atoms with van der Waals surface area (Å²) in [6.07, 6.45) is 1.57. The highest BCUT2D eigenvalue weighted by atomic mass is 32.2. The predicted molar refractivity (Wildman–Crippen MR) is 102 cm³/mol. The Morgan fingerprint density at radius 3 is 1.77 bits per heavy atom. The predicted octanol–water partition coefficient (Wildman–Crippen LogP) is 4.04. The minimum Gasteiger partial charge on any atom is -0.497 e. The Kier molecular flexibility index (Phi) is 4.01. The highest BCUT2D eigenvalue weighted by molar-refractivity contribution is 7.89. The molecule has 3 aromatic carbocycles.